The zero-order valence-corrected chi connectivity index (χ0v) is 9.96. The van der Waals surface area contributed by atoms with Crippen LogP contribution in [0.1, 0.15) is 19.1 Å². The maximum atomic E-state index is 10.9. The molecule has 0 fully saturated rings. The van der Waals surface area contributed by atoms with E-state index in [1.54, 1.807) is 6.07 Å². The number of primary sulfonamides is 1. The zero-order valence-electron chi connectivity index (χ0n) is 9.14. The first-order valence-corrected chi connectivity index (χ1v) is 6.52. The summed E-state index contributed by atoms with van der Waals surface area (Å²) in [5.74, 6) is 0.560. The van der Waals surface area contributed by atoms with Gasteiger partial charge in [-0.2, -0.15) is 0 Å². The van der Waals surface area contributed by atoms with Crippen molar-refractivity contribution in [3.05, 3.63) is 30.0 Å². The van der Waals surface area contributed by atoms with Crippen molar-refractivity contribution in [3.63, 3.8) is 0 Å². The van der Waals surface area contributed by atoms with Gasteiger partial charge in [-0.1, -0.05) is 12.2 Å². The summed E-state index contributed by atoms with van der Waals surface area (Å²) < 4.78 is 26.9. The van der Waals surface area contributed by atoms with E-state index in [2.05, 4.69) is 5.32 Å². The van der Waals surface area contributed by atoms with Crippen molar-refractivity contribution in [1.29, 1.82) is 0 Å². The molecule has 0 aliphatic heterocycles. The van der Waals surface area contributed by atoms with Crippen LogP contribution >= 0.6 is 0 Å². The molecule has 0 aliphatic carbocycles. The van der Waals surface area contributed by atoms with Gasteiger partial charge in [0.05, 0.1) is 6.54 Å². The van der Waals surface area contributed by atoms with E-state index in [0.29, 0.717) is 12.3 Å². The fourth-order valence-electron chi connectivity index (χ4n) is 1.17. The van der Waals surface area contributed by atoms with E-state index in [-0.39, 0.29) is 5.09 Å². The van der Waals surface area contributed by atoms with E-state index in [0.717, 1.165) is 13.0 Å². The van der Waals surface area contributed by atoms with Gasteiger partial charge in [0.2, 0.25) is 5.09 Å². The van der Waals surface area contributed by atoms with Crippen LogP contribution in [0.5, 0.6) is 0 Å². The van der Waals surface area contributed by atoms with Gasteiger partial charge in [0.1, 0.15) is 5.76 Å². The lowest BCUT2D eigenvalue weighted by Crippen LogP contribution is -2.14. The molecule has 0 saturated heterocycles. The normalized spacial score (nSPS) is 12.4. The third-order valence-electron chi connectivity index (χ3n) is 1.94. The molecule has 0 amide bonds. The summed E-state index contributed by atoms with van der Waals surface area (Å²) in [5.41, 5.74) is 0. The quantitative estimate of drug-likeness (QED) is 0.577. The topological polar surface area (TPSA) is 85.3 Å². The summed E-state index contributed by atoms with van der Waals surface area (Å²) in [6, 6.07) is 2.96. The van der Waals surface area contributed by atoms with E-state index in [4.69, 9.17) is 9.56 Å². The molecular weight excluding hydrogens is 228 g/mol. The molecule has 6 heteroatoms. The van der Waals surface area contributed by atoms with Crippen molar-refractivity contribution in [1.82, 2.24) is 5.32 Å². The molecule has 1 rings (SSSR count). The Hall–Kier alpha value is -1.11. The van der Waals surface area contributed by atoms with Gasteiger partial charge in [-0.15, -0.1) is 0 Å². The number of hydrogen-bond donors (Lipinski definition) is 2. The highest BCUT2D eigenvalue weighted by molar-refractivity contribution is 7.89. The van der Waals surface area contributed by atoms with Crippen molar-refractivity contribution >= 4 is 10.0 Å². The average Bonchev–Trinajstić information content (AvgIpc) is 2.65. The Morgan fingerprint density at radius 2 is 2.25 bits per heavy atom. The first-order chi connectivity index (χ1) is 7.54. The molecule has 5 nitrogen and oxygen atoms in total. The Bertz CT molecular complexity index is 448. The lowest BCUT2D eigenvalue weighted by atomic mass is 10.3. The minimum atomic E-state index is -3.73. The van der Waals surface area contributed by atoms with Gasteiger partial charge in [0, 0.05) is 0 Å². The van der Waals surface area contributed by atoms with E-state index >= 15 is 0 Å². The number of furan rings is 1. The Morgan fingerprint density at radius 3 is 2.81 bits per heavy atom. The van der Waals surface area contributed by atoms with Crippen molar-refractivity contribution in [2.75, 3.05) is 6.54 Å². The fourth-order valence-corrected chi connectivity index (χ4v) is 1.65. The molecule has 0 spiro atoms. The molecule has 0 radical (unpaired) electrons. The van der Waals surface area contributed by atoms with E-state index in [9.17, 15) is 8.42 Å². The fraction of sp³-hybridized carbons (Fsp3) is 0.400. The second kappa shape index (κ2) is 5.83. The molecule has 1 aromatic heterocycles. The first-order valence-electron chi connectivity index (χ1n) is 4.97. The van der Waals surface area contributed by atoms with Crippen LogP contribution in [0.4, 0.5) is 0 Å². The third-order valence-corrected chi connectivity index (χ3v) is 2.72. The molecule has 1 aromatic rings. The highest BCUT2D eigenvalue weighted by Gasteiger charge is 2.12. The Balaban J connectivity index is 2.41. The lowest BCUT2D eigenvalue weighted by molar-refractivity contribution is 0.403. The van der Waals surface area contributed by atoms with E-state index in [1.165, 1.54) is 6.07 Å². The molecule has 0 aromatic carbocycles. The smallest absolute Gasteiger partial charge is 0.271 e. The molecule has 0 unspecified atom stereocenters. The van der Waals surface area contributed by atoms with Crippen molar-refractivity contribution in [2.45, 2.75) is 25.0 Å². The van der Waals surface area contributed by atoms with E-state index < -0.39 is 10.0 Å². The second-order valence-corrected chi connectivity index (χ2v) is 4.79. The van der Waals surface area contributed by atoms with Crippen LogP contribution in [0.25, 0.3) is 0 Å². The predicted octanol–water partition coefficient (Wildman–Crippen LogP) is 0.983. The van der Waals surface area contributed by atoms with Gasteiger partial charge in [-0.25, -0.2) is 13.6 Å². The zero-order chi connectivity index (χ0) is 12.0. The molecule has 90 valence electrons. The third kappa shape index (κ3) is 4.18. The summed E-state index contributed by atoms with van der Waals surface area (Å²) in [5, 5.41) is 7.84. The van der Waals surface area contributed by atoms with Crippen molar-refractivity contribution in [2.24, 2.45) is 5.14 Å². The maximum Gasteiger partial charge on any atom is 0.271 e. The molecule has 16 heavy (non-hydrogen) atoms. The molecule has 0 saturated carbocycles. The number of allylic oxidation sites excluding steroid dienone is 1. The number of hydrogen-bond acceptors (Lipinski definition) is 4. The Kier molecular flexibility index (Phi) is 4.72. The number of nitrogens with one attached hydrogen (secondary N) is 1. The van der Waals surface area contributed by atoms with Crippen LogP contribution in [0.3, 0.4) is 0 Å². The molecule has 0 aliphatic rings. The summed E-state index contributed by atoms with van der Waals surface area (Å²) in [6.07, 6.45) is 4.96. The molecular formula is C10H16N2O3S. The van der Waals surface area contributed by atoms with Gasteiger partial charge < -0.3 is 9.73 Å². The molecule has 1 heterocycles. The Labute approximate surface area is 95.4 Å². The van der Waals surface area contributed by atoms with E-state index in [1.807, 2.05) is 19.1 Å². The summed E-state index contributed by atoms with van der Waals surface area (Å²) in [6.45, 7) is 3.27. The average molecular weight is 244 g/mol. The highest BCUT2D eigenvalue weighted by Crippen LogP contribution is 2.11. The van der Waals surface area contributed by atoms with Gasteiger partial charge in [-0.05, 0) is 32.0 Å². The van der Waals surface area contributed by atoms with Crippen LogP contribution in [-0.4, -0.2) is 15.0 Å². The van der Waals surface area contributed by atoms with Crippen molar-refractivity contribution < 1.29 is 12.8 Å². The van der Waals surface area contributed by atoms with Gasteiger partial charge in [0.25, 0.3) is 10.0 Å². The van der Waals surface area contributed by atoms with Gasteiger partial charge in [0.15, 0.2) is 0 Å². The number of rotatable bonds is 6. The maximum absolute atomic E-state index is 10.9. The monoisotopic (exact) mass is 244 g/mol. The largest absolute Gasteiger partial charge is 0.447 e. The van der Waals surface area contributed by atoms with Crippen LogP contribution in [0, 0.1) is 0 Å². The summed E-state index contributed by atoms with van der Waals surface area (Å²) >= 11 is 0. The molecule has 0 bridgehead atoms. The molecule has 0 atom stereocenters. The summed E-state index contributed by atoms with van der Waals surface area (Å²) in [7, 11) is -3.73. The Morgan fingerprint density at radius 1 is 1.50 bits per heavy atom. The van der Waals surface area contributed by atoms with Crippen LogP contribution in [0.15, 0.2) is 33.8 Å². The van der Waals surface area contributed by atoms with Gasteiger partial charge in [-0.3, -0.25) is 0 Å². The number of sulfonamides is 1. The second-order valence-electron chi connectivity index (χ2n) is 3.30. The first kappa shape index (κ1) is 13.0. The van der Waals surface area contributed by atoms with Crippen molar-refractivity contribution in [3.8, 4) is 0 Å². The van der Waals surface area contributed by atoms with Gasteiger partial charge >= 0.3 is 0 Å². The minimum Gasteiger partial charge on any atom is -0.447 e. The molecule has 3 N–H and O–H groups in total. The van der Waals surface area contributed by atoms with Crippen LogP contribution in [-0.2, 0) is 16.6 Å². The lowest BCUT2D eigenvalue weighted by Gasteiger charge is -1.99. The van der Waals surface area contributed by atoms with Crippen LogP contribution < -0.4 is 10.5 Å². The standard InChI is InChI=1S/C10H16N2O3S/c1-2-3-4-7-12-8-9-5-6-10(15-9)16(11,13)14/h2-3,5-6,12H,4,7-8H2,1H3,(H2,11,13,14)/b3-2+. The predicted molar refractivity (Wildman–Crippen MR) is 61.2 cm³/mol. The number of nitrogens with two attached hydrogens (primary N) is 1. The SMILES string of the molecule is C/C=C/CCNCc1ccc(S(N)(=O)=O)o1. The summed E-state index contributed by atoms with van der Waals surface area (Å²) in [4.78, 5) is 0. The highest BCUT2D eigenvalue weighted by atomic mass is 32.2. The minimum absolute atomic E-state index is 0.197. The van der Waals surface area contributed by atoms with Crippen LogP contribution in [0.2, 0.25) is 0 Å².